The second kappa shape index (κ2) is 4.33. The van der Waals surface area contributed by atoms with Crippen LogP contribution in [0.15, 0.2) is 18.2 Å². The van der Waals surface area contributed by atoms with E-state index in [1.54, 1.807) is 20.8 Å². The summed E-state index contributed by atoms with van der Waals surface area (Å²) in [7, 11) is 0. The van der Waals surface area contributed by atoms with Crippen LogP contribution in [-0.4, -0.2) is 11.2 Å². The van der Waals surface area contributed by atoms with Crippen LogP contribution in [0.3, 0.4) is 0 Å². The lowest BCUT2D eigenvalue weighted by Crippen LogP contribution is -2.30. The van der Waals surface area contributed by atoms with Gasteiger partial charge in [-0.25, -0.2) is 4.39 Å². The topological polar surface area (TPSA) is 20.2 Å². The Morgan fingerprint density at radius 2 is 1.59 bits per heavy atom. The Labute approximate surface area is 99.3 Å². The number of aliphatic hydroxyl groups is 1. The molecule has 0 aliphatic heterocycles. The fraction of sp³-hybridized carbons (Fsp3) is 0.538. The van der Waals surface area contributed by atoms with E-state index >= 15 is 0 Å². The standard InChI is InChI=1S/C13H17F3O/c1-8(17)13(15,16)10-7-5-6-9(11(10)14)12(2,3)4/h5-8,17H,1-4H3/t8-/m0/s1. The van der Waals surface area contributed by atoms with Gasteiger partial charge in [0.2, 0.25) is 0 Å². The van der Waals surface area contributed by atoms with Crippen LogP contribution in [-0.2, 0) is 11.3 Å². The van der Waals surface area contributed by atoms with E-state index in [1.807, 2.05) is 0 Å². The monoisotopic (exact) mass is 246 g/mol. The number of aliphatic hydroxyl groups excluding tert-OH is 1. The Balaban J connectivity index is 3.39. The van der Waals surface area contributed by atoms with Gasteiger partial charge in [0.15, 0.2) is 0 Å². The van der Waals surface area contributed by atoms with Crippen molar-refractivity contribution in [2.45, 2.75) is 45.1 Å². The Kier molecular flexibility index (Phi) is 3.58. The van der Waals surface area contributed by atoms with E-state index in [1.165, 1.54) is 12.1 Å². The molecule has 0 radical (unpaired) electrons. The minimum absolute atomic E-state index is 0.218. The molecule has 1 N–H and O–H groups in total. The minimum Gasteiger partial charge on any atom is -0.387 e. The molecule has 1 atom stereocenters. The van der Waals surface area contributed by atoms with Crippen molar-refractivity contribution in [3.8, 4) is 0 Å². The van der Waals surface area contributed by atoms with Crippen LogP contribution in [0.2, 0.25) is 0 Å². The number of rotatable bonds is 2. The Morgan fingerprint density at radius 3 is 2.00 bits per heavy atom. The SMILES string of the molecule is C[C@H](O)C(F)(F)c1cccc(C(C)(C)C)c1F. The highest BCUT2D eigenvalue weighted by Gasteiger charge is 2.41. The van der Waals surface area contributed by atoms with Crippen LogP contribution in [0.25, 0.3) is 0 Å². The largest absolute Gasteiger partial charge is 0.387 e. The number of benzene rings is 1. The average molecular weight is 246 g/mol. The maximum absolute atomic E-state index is 14.0. The maximum atomic E-state index is 14.0. The van der Waals surface area contributed by atoms with Crippen molar-refractivity contribution in [2.75, 3.05) is 0 Å². The molecular formula is C13H17F3O. The van der Waals surface area contributed by atoms with Crippen LogP contribution in [0.4, 0.5) is 13.2 Å². The molecule has 0 aliphatic rings. The Bertz CT molecular complexity index is 406. The van der Waals surface area contributed by atoms with Crippen molar-refractivity contribution in [3.05, 3.63) is 35.1 Å². The van der Waals surface area contributed by atoms with Gasteiger partial charge in [0, 0.05) is 0 Å². The van der Waals surface area contributed by atoms with E-state index in [4.69, 9.17) is 5.11 Å². The van der Waals surface area contributed by atoms with Gasteiger partial charge in [0.05, 0.1) is 5.56 Å². The summed E-state index contributed by atoms with van der Waals surface area (Å²) in [4.78, 5) is 0. The average Bonchev–Trinajstić information content (AvgIpc) is 2.15. The van der Waals surface area contributed by atoms with E-state index in [0.29, 0.717) is 0 Å². The molecule has 0 unspecified atom stereocenters. The molecular weight excluding hydrogens is 229 g/mol. The molecule has 1 aromatic carbocycles. The lowest BCUT2D eigenvalue weighted by Gasteiger charge is -2.25. The normalized spacial score (nSPS) is 14.8. The molecule has 0 amide bonds. The molecule has 1 rings (SSSR count). The van der Waals surface area contributed by atoms with Gasteiger partial charge in [0.1, 0.15) is 11.9 Å². The first-order valence-corrected chi connectivity index (χ1v) is 5.44. The Morgan fingerprint density at radius 1 is 1.12 bits per heavy atom. The van der Waals surface area contributed by atoms with Crippen LogP contribution in [0.1, 0.15) is 38.8 Å². The van der Waals surface area contributed by atoms with Crippen LogP contribution < -0.4 is 0 Å². The van der Waals surface area contributed by atoms with Gasteiger partial charge < -0.3 is 5.11 Å². The lowest BCUT2D eigenvalue weighted by atomic mass is 9.84. The number of halogens is 3. The van der Waals surface area contributed by atoms with Crippen molar-refractivity contribution < 1.29 is 18.3 Å². The zero-order valence-corrected chi connectivity index (χ0v) is 10.4. The molecule has 0 saturated carbocycles. The molecule has 0 heterocycles. The summed E-state index contributed by atoms with van der Waals surface area (Å²) in [5.74, 6) is -4.52. The van der Waals surface area contributed by atoms with Gasteiger partial charge >= 0.3 is 5.92 Å². The summed E-state index contributed by atoms with van der Waals surface area (Å²) in [6, 6.07) is 3.88. The predicted molar refractivity (Wildman–Crippen MR) is 60.7 cm³/mol. The summed E-state index contributed by atoms with van der Waals surface area (Å²) in [6.07, 6.45) is -1.92. The third kappa shape index (κ3) is 2.63. The highest BCUT2D eigenvalue weighted by Crippen LogP contribution is 2.37. The van der Waals surface area contributed by atoms with E-state index < -0.39 is 28.8 Å². The molecule has 0 fully saturated rings. The number of hydrogen-bond donors (Lipinski definition) is 1. The van der Waals surface area contributed by atoms with Crippen molar-refractivity contribution in [2.24, 2.45) is 0 Å². The summed E-state index contributed by atoms with van der Waals surface area (Å²) in [5, 5.41) is 9.04. The first-order valence-electron chi connectivity index (χ1n) is 5.44. The summed E-state index contributed by atoms with van der Waals surface area (Å²) >= 11 is 0. The third-order valence-electron chi connectivity index (χ3n) is 2.69. The molecule has 0 aliphatic carbocycles. The lowest BCUT2D eigenvalue weighted by molar-refractivity contribution is -0.108. The molecule has 1 aromatic rings. The van der Waals surface area contributed by atoms with Gasteiger partial charge in [-0.15, -0.1) is 0 Å². The molecule has 96 valence electrons. The molecule has 4 heteroatoms. The fourth-order valence-electron chi connectivity index (χ4n) is 1.59. The van der Waals surface area contributed by atoms with Gasteiger partial charge in [-0.05, 0) is 24.0 Å². The highest BCUT2D eigenvalue weighted by molar-refractivity contribution is 5.33. The minimum atomic E-state index is -3.58. The highest BCUT2D eigenvalue weighted by atomic mass is 19.3. The first-order chi connectivity index (χ1) is 7.58. The van der Waals surface area contributed by atoms with Crippen molar-refractivity contribution in [1.82, 2.24) is 0 Å². The second-order valence-corrected chi connectivity index (χ2v) is 5.22. The summed E-state index contributed by atoms with van der Waals surface area (Å²) in [5.41, 5.74) is -1.09. The van der Waals surface area contributed by atoms with Crippen molar-refractivity contribution >= 4 is 0 Å². The quantitative estimate of drug-likeness (QED) is 0.845. The maximum Gasteiger partial charge on any atom is 0.301 e. The van der Waals surface area contributed by atoms with Crippen molar-refractivity contribution in [3.63, 3.8) is 0 Å². The van der Waals surface area contributed by atoms with Crippen LogP contribution >= 0.6 is 0 Å². The van der Waals surface area contributed by atoms with E-state index in [9.17, 15) is 13.2 Å². The smallest absolute Gasteiger partial charge is 0.301 e. The second-order valence-electron chi connectivity index (χ2n) is 5.22. The molecule has 0 bridgehead atoms. The van der Waals surface area contributed by atoms with E-state index in [-0.39, 0.29) is 5.56 Å². The van der Waals surface area contributed by atoms with E-state index in [0.717, 1.165) is 13.0 Å². The van der Waals surface area contributed by atoms with Gasteiger partial charge in [-0.1, -0.05) is 32.9 Å². The molecule has 0 spiro atoms. The van der Waals surface area contributed by atoms with Gasteiger partial charge in [0.25, 0.3) is 0 Å². The summed E-state index contributed by atoms with van der Waals surface area (Å²) < 4.78 is 41.3. The third-order valence-corrected chi connectivity index (χ3v) is 2.69. The fourth-order valence-corrected chi connectivity index (χ4v) is 1.59. The predicted octanol–water partition coefficient (Wildman–Crippen LogP) is 3.60. The molecule has 17 heavy (non-hydrogen) atoms. The van der Waals surface area contributed by atoms with E-state index in [2.05, 4.69) is 0 Å². The summed E-state index contributed by atoms with van der Waals surface area (Å²) in [6.45, 7) is 6.18. The van der Waals surface area contributed by atoms with Gasteiger partial charge in [-0.2, -0.15) is 8.78 Å². The van der Waals surface area contributed by atoms with Gasteiger partial charge in [-0.3, -0.25) is 0 Å². The van der Waals surface area contributed by atoms with Crippen LogP contribution in [0.5, 0.6) is 0 Å². The number of hydrogen-bond acceptors (Lipinski definition) is 1. The Hall–Kier alpha value is -1.03. The molecule has 0 aromatic heterocycles. The zero-order valence-electron chi connectivity index (χ0n) is 10.4. The molecule has 0 saturated heterocycles. The van der Waals surface area contributed by atoms with Crippen LogP contribution in [0, 0.1) is 5.82 Å². The number of alkyl halides is 2. The zero-order chi connectivity index (χ0) is 13.4. The first kappa shape index (κ1) is 14.0. The van der Waals surface area contributed by atoms with Crippen molar-refractivity contribution in [1.29, 1.82) is 0 Å². The molecule has 1 nitrogen and oxygen atoms in total.